The van der Waals surface area contributed by atoms with E-state index in [9.17, 15) is 34.2 Å². The van der Waals surface area contributed by atoms with Crippen molar-refractivity contribution in [1.82, 2.24) is 25.9 Å². The van der Waals surface area contributed by atoms with Crippen LogP contribution in [0, 0.1) is 5.92 Å². The van der Waals surface area contributed by atoms with E-state index in [1.807, 2.05) is 0 Å². The van der Waals surface area contributed by atoms with Gasteiger partial charge in [-0.15, -0.1) is 0 Å². The van der Waals surface area contributed by atoms with E-state index in [0.717, 1.165) is 0 Å². The van der Waals surface area contributed by atoms with Crippen LogP contribution in [0.15, 0.2) is 12.5 Å². The minimum Gasteiger partial charge on any atom is -0.481 e. The molecule has 0 bridgehead atoms. The Morgan fingerprint density at radius 3 is 2.03 bits per heavy atom. The molecule has 4 unspecified atom stereocenters. The van der Waals surface area contributed by atoms with Gasteiger partial charge in [-0.3, -0.25) is 19.2 Å². The van der Waals surface area contributed by atoms with Gasteiger partial charge in [-0.05, 0) is 5.92 Å². The van der Waals surface area contributed by atoms with Crippen LogP contribution < -0.4 is 21.7 Å². The molecule has 0 spiro atoms. The molecule has 1 aromatic rings. The summed E-state index contributed by atoms with van der Waals surface area (Å²) in [6, 6.07) is -5.58. The summed E-state index contributed by atoms with van der Waals surface area (Å²) < 4.78 is 0. The number of amides is 3. The molecule has 9 N–H and O–H groups in total. The molecule has 0 aliphatic rings. The highest BCUT2D eigenvalue weighted by Gasteiger charge is 2.31. The van der Waals surface area contributed by atoms with Gasteiger partial charge in [0, 0.05) is 18.3 Å². The number of carboxylic acid groups (broad SMARTS) is 2. The van der Waals surface area contributed by atoms with E-state index in [-0.39, 0.29) is 12.3 Å². The summed E-state index contributed by atoms with van der Waals surface area (Å²) in [4.78, 5) is 66.0. The highest BCUT2D eigenvalue weighted by Crippen LogP contribution is 2.03. The molecule has 14 nitrogen and oxygen atoms in total. The van der Waals surface area contributed by atoms with Gasteiger partial charge in [-0.2, -0.15) is 0 Å². The highest BCUT2D eigenvalue weighted by atomic mass is 16.4. The lowest BCUT2D eigenvalue weighted by molar-refractivity contribution is -0.143. The van der Waals surface area contributed by atoms with Crippen LogP contribution in [0.5, 0.6) is 0 Å². The molecule has 0 aromatic carbocycles. The largest absolute Gasteiger partial charge is 0.481 e. The quantitative estimate of drug-likeness (QED) is 0.149. The number of hydrogen-bond donors (Lipinski definition) is 8. The van der Waals surface area contributed by atoms with Crippen molar-refractivity contribution in [3.8, 4) is 0 Å². The van der Waals surface area contributed by atoms with Crippen molar-refractivity contribution in [2.45, 2.75) is 50.9 Å². The monoisotopic (exact) mass is 456 g/mol. The van der Waals surface area contributed by atoms with E-state index < -0.39 is 66.9 Å². The maximum atomic E-state index is 12.5. The van der Waals surface area contributed by atoms with Crippen LogP contribution in [0.1, 0.15) is 26.0 Å². The zero-order chi connectivity index (χ0) is 24.4. The van der Waals surface area contributed by atoms with Crippen LogP contribution in [0.4, 0.5) is 0 Å². The lowest BCUT2D eigenvalue weighted by atomic mass is 10.0. The second kappa shape index (κ2) is 12.4. The number of aromatic nitrogens is 2. The number of aliphatic hydroxyl groups is 1. The summed E-state index contributed by atoms with van der Waals surface area (Å²) >= 11 is 0. The number of nitrogens with zero attached hydrogens (tertiary/aromatic N) is 1. The fourth-order valence-corrected chi connectivity index (χ4v) is 2.51. The molecule has 0 aliphatic heterocycles. The number of aliphatic carboxylic acids is 2. The van der Waals surface area contributed by atoms with Gasteiger partial charge in [-0.25, -0.2) is 9.78 Å². The third-order valence-electron chi connectivity index (χ3n) is 4.44. The average Bonchev–Trinajstić information content (AvgIpc) is 3.22. The number of hydrogen-bond acceptors (Lipinski definition) is 8. The molecule has 1 rings (SSSR count). The Hall–Kier alpha value is -3.52. The fourth-order valence-electron chi connectivity index (χ4n) is 2.51. The van der Waals surface area contributed by atoms with Crippen LogP contribution in [-0.4, -0.2) is 85.7 Å². The van der Waals surface area contributed by atoms with Crippen molar-refractivity contribution < 1.29 is 39.3 Å². The number of carbonyl (C=O) groups excluding carboxylic acids is 3. The molecule has 14 heteroatoms. The Kier molecular flexibility index (Phi) is 10.2. The van der Waals surface area contributed by atoms with E-state index in [2.05, 4.69) is 25.9 Å². The molecular formula is C18H28N6O8. The smallest absolute Gasteiger partial charge is 0.326 e. The molecule has 0 saturated carbocycles. The Morgan fingerprint density at radius 1 is 1.00 bits per heavy atom. The van der Waals surface area contributed by atoms with Gasteiger partial charge < -0.3 is 42.0 Å². The van der Waals surface area contributed by atoms with Gasteiger partial charge in [0.15, 0.2) is 0 Å². The van der Waals surface area contributed by atoms with Crippen molar-refractivity contribution in [3.05, 3.63) is 18.2 Å². The number of H-pyrrole nitrogens is 1. The molecule has 0 aliphatic carbocycles. The maximum absolute atomic E-state index is 12.5. The van der Waals surface area contributed by atoms with Gasteiger partial charge in [0.2, 0.25) is 17.7 Å². The molecule has 1 heterocycles. The summed E-state index contributed by atoms with van der Waals surface area (Å²) in [5.41, 5.74) is 6.12. The number of nitrogens with one attached hydrogen (secondary N) is 4. The predicted molar refractivity (Wildman–Crippen MR) is 108 cm³/mol. The van der Waals surface area contributed by atoms with E-state index in [1.165, 1.54) is 12.5 Å². The lowest BCUT2D eigenvalue weighted by Crippen LogP contribution is -2.59. The molecule has 3 amide bonds. The minimum atomic E-state index is -1.60. The highest BCUT2D eigenvalue weighted by molar-refractivity contribution is 5.95. The zero-order valence-corrected chi connectivity index (χ0v) is 17.6. The van der Waals surface area contributed by atoms with Crippen LogP contribution in [0.25, 0.3) is 0 Å². The predicted octanol–water partition coefficient (Wildman–Crippen LogP) is -3.06. The third-order valence-corrected chi connectivity index (χ3v) is 4.44. The Bertz CT molecular complexity index is 812. The third kappa shape index (κ3) is 8.31. The summed E-state index contributed by atoms with van der Waals surface area (Å²) in [5.74, 6) is -5.91. The first-order chi connectivity index (χ1) is 15.0. The van der Waals surface area contributed by atoms with Gasteiger partial charge in [0.1, 0.15) is 18.1 Å². The van der Waals surface area contributed by atoms with E-state index >= 15 is 0 Å². The number of carboxylic acids is 2. The van der Waals surface area contributed by atoms with Crippen molar-refractivity contribution in [2.75, 3.05) is 6.61 Å². The Labute approximate surface area is 183 Å². The summed E-state index contributed by atoms with van der Waals surface area (Å²) in [5, 5.41) is 34.4. The summed E-state index contributed by atoms with van der Waals surface area (Å²) in [6.07, 6.45) is 1.75. The number of imidazole rings is 1. The fraction of sp³-hybridized carbons (Fsp3) is 0.556. The van der Waals surface area contributed by atoms with E-state index in [1.54, 1.807) is 13.8 Å². The van der Waals surface area contributed by atoms with Crippen LogP contribution >= 0.6 is 0 Å². The number of carbonyl (C=O) groups is 5. The van der Waals surface area contributed by atoms with Crippen LogP contribution in [-0.2, 0) is 30.4 Å². The van der Waals surface area contributed by atoms with E-state index in [0.29, 0.717) is 5.69 Å². The topological polar surface area (TPSA) is 237 Å². The second-order valence-electron chi connectivity index (χ2n) is 7.35. The molecular weight excluding hydrogens is 428 g/mol. The molecule has 0 fully saturated rings. The number of aliphatic hydroxyl groups excluding tert-OH is 1. The minimum absolute atomic E-state index is 0.141. The van der Waals surface area contributed by atoms with Gasteiger partial charge in [-0.1, -0.05) is 13.8 Å². The normalized spacial score (nSPS) is 14.7. The van der Waals surface area contributed by atoms with Crippen molar-refractivity contribution in [3.63, 3.8) is 0 Å². The maximum Gasteiger partial charge on any atom is 0.326 e. The van der Waals surface area contributed by atoms with Crippen molar-refractivity contribution in [1.29, 1.82) is 0 Å². The van der Waals surface area contributed by atoms with Gasteiger partial charge in [0.25, 0.3) is 0 Å². The first-order valence-corrected chi connectivity index (χ1v) is 9.65. The first-order valence-electron chi connectivity index (χ1n) is 9.65. The molecule has 32 heavy (non-hydrogen) atoms. The number of aromatic amines is 1. The van der Waals surface area contributed by atoms with Crippen molar-refractivity contribution in [2.24, 2.45) is 11.7 Å². The Morgan fingerprint density at radius 2 is 1.56 bits per heavy atom. The van der Waals surface area contributed by atoms with Gasteiger partial charge >= 0.3 is 11.9 Å². The molecule has 0 saturated heterocycles. The standard InChI is InChI=1S/C18H28N6O8/c1-8(2)14(19)17(30)22-10(4-13(26)27)15(28)24-12(6-25)16(29)23-11(18(31)32)3-9-5-20-7-21-9/h5,7-8,10-12,14,25H,3-4,6,19H2,1-2H3,(H,20,21)(H,22,30)(H,23,29)(H,24,28)(H,26,27)(H,31,32). The summed E-state index contributed by atoms with van der Waals surface area (Å²) in [7, 11) is 0. The number of rotatable bonds is 13. The van der Waals surface area contributed by atoms with E-state index in [4.69, 9.17) is 10.8 Å². The molecule has 178 valence electrons. The Balaban J connectivity index is 2.86. The van der Waals surface area contributed by atoms with Crippen molar-refractivity contribution >= 4 is 29.7 Å². The second-order valence-corrected chi connectivity index (χ2v) is 7.35. The summed E-state index contributed by atoms with van der Waals surface area (Å²) in [6.45, 7) is 2.41. The van der Waals surface area contributed by atoms with Gasteiger partial charge in [0.05, 0.1) is 25.4 Å². The van der Waals surface area contributed by atoms with Crippen LogP contribution in [0.2, 0.25) is 0 Å². The average molecular weight is 456 g/mol. The van der Waals surface area contributed by atoms with Crippen LogP contribution in [0.3, 0.4) is 0 Å². The number of nitrogens with two attached hydrogens (primary N) is 1. The molecule has 4 atom stereocenters. The molecule has 1 aromatic heterocycles. The SMILES string of the molecule is CC(C)C(N)C(=O)NC(CC(=O)O)C(=O)NC(CO)C(=O)NC(Cc1cnc[nH]1)C(=O)O. The first kappa shape index (κ1) is 26.5. The lowest BCUT2D eigenvalue weighted by Gasteiger charge is -2.24. The molecule has 0 radical (unpaired) electrons. The zero-order valence-electron chi connectivity index (χ0n) is 17.6.